The van der Waals surface area contributed by atoms with Gasteiger partial charge in [-0.2, -0.15) is 10.2 Å². The number of hydrogen-bond donors (Lipinski definition) is 2. The summed E-state index contributed by atoms with van der Waals surface area (Å²) in [6, 6.07) is 33.6. The molecule has 0 amide bonds. The number of nitrogens with one attached hydrogen (secondary N) is 2. The van der Waals surface area contributed by atoms with Gasteiger partial charge in [0.05, 0.1) is 48.3 Å². The predicted octanol–water partition coefficient (Wildman–Crippen LogP) is 7.14. The minimum atomic E-state index is -4.84. The molecule has 0 aliphatic carbocycles. The van der Waals surface area contributed by atoms with Crippen molar-refractivity contribution in [2.45, 2.75) is 52.0 Å². The van der Waals surface area contributed by atoms with Crippen LogP contribution in [0.2, 0.25) is 0 Å². The topological polar surface area (TPSA) is 261 Å². The van der Waals surface area contributed by atoms with Crippen LogP contribution in [0.25, 0.3) is 33.4 Å². The number of aromatic nitrogens is 18. The second kappa shape index (κ2) is 23.9. The lowest BCUT2D eigenvalue weighted by Gasteiger charge is -2.14. The number of halogens is 6. The van der Waals surface area contributed by atoms with Crippen molar-refractivity contribution in [1.82, 2.24) is 89.0 Å². The summed E-state index contributed by atoms with van der Waals surface area (Å²) >= 11 is 0. The molecule has 0 saturated carbocycles. The van der Waals surface area contributed by atoms with Crippen molar-refractivity contribution in [3.63, 3.8) is 0 Å². The molecule has 84 heavy (non-hydrogen) atoms. The standard InChI is InChI=1S/2C27H21F3N10O2/c2*28-27(29,30)42-21-8-9-23(40-17-34-36-37-40)20(11-21)12-31-25-22-15-39(35-26(22)33-16-32-25)14-19-6-4-18(5-7-19)13-38-10-2-1-3-24(38)41/h2*1-11,15-17H,12-14H2,(H,31,32,33,35). The summed E-state index contributed by atoms with van der Waals surface area (Å²) in [4.78, 5) is 41.1. The predicted molar refractivity (Wildman–Crippen MR) is 288 cm³/mol. The van der Waals surface area contributed by atoms with E-state index < -0.39 is 12.7 Å². The molecule has 0 bridgehead atoms. The Bertz CT molecular complexity index is 4040. The summed E-state index contributed by atoms with van der Waals surface area (Å²) < 4.78 is 94.6. The minimum Gasteiger partial charge on any atom is -0.406 e. The fourth-order valence-electron chi connectivity index (χ4n) is 8.81. The van der Waals surface area contributed by atoms with Crippen LogP contribution in [0.5, 0.6) is 11.5 Å². The third-order valence-corrected chi connectivity index (χ3v) is 12.6. The monoisotopic (exact) mass is 1150 g/mol. The number of nitrogens with zero attached hydrogens (tertiary/aromatic N) is 18. The van der Waals surface area contributed by atoms with Crippen molar-refractivity contribution in [2.75, 3.05) is 10.6 Å². The van der Waals surface area contributed by atoms with Gasteiger partial charge >= 0.3 is 12.7 Å². The fourth-order valence-corrected chi connectivity index (χ4v) is 8.81. The number of fused-ring (bicyclic) bond motifs is 2. The van der Waals surface area contributed by atoms with Crippen LogP contribution < -0.4 is 31.2 Å². The van der Waals surface area contributed by atoms with E-state index in [1.165, 1.54) is 83.2 Å². The molecule has 12 rings (SSSR count). The molecule has 12 aromatic rings. The van der Waals surface area contributed by atoms with E-state index in [0.717, 1.165) is 22.3 Å². The van der Waals surface area contributed by atoms with Gasteiger partial charge in [0.2, 0.25) is 0 Å². The molecule has 2 N–H and O–H groups in total. The summed E-state index contributed by atoms with van der Waals surface area (Å²) in [5, 5.41) is 38.7. The normalized spacial score (nSPS) is 11.6. The van der Waals surface area contributed by atoms with Crippen LogP contribution in [0.4, 0.5) is 38.0 Å². The van der Waals surface area contributed by atoms with Gasteiger partial charge in [0.15, 0.2) is 11.3 Å². The largest absolute Gasteiger partial charge is 0.573 e. The Balaban J connectivity index is 0.000000175. The number of anilines is 2. The highest BCUT2D eigenvalue weighted by Gasteiger charge is 2.32. The number of hydrogen-bond acceptors (Lipinski definition) is 18. The molecule has 0 saturated heterocycles. The Kier molecular flexibility index (Phi) is 15.6. The van der Waals surface area contributed by atoms with Crippen LogP contribution in [0, 0.1) is 0 Å². The van der Waals surface area contributed by atoms with Crippen LogP contribution >= 0.6 is 0 Å². The van der Waals surface area contributed by atoms with Crippen molar-refractivity contribution in [2.24, 2.45) is 0 Å². The molecular weight excluding hydrogens is 1110 g/mol. The molecular formula is C54H42F6N20O4. The molecule has 8 heterocycles. The van der Waals surface area contributed by atoms with Gasteiger partial charge in [-0.25, -0.2) is 29.3 Å². The summed E-state index contributed by atoms with van der Waals surface area (Å²) in [6.45, 7) is 2.01. The first kappa shape index (κ1) is 54.7. The molecule has 8 aromatic heterocycles. The summed E-state index contributed by atoms with van der Waals surface area (Å²) in [5.41, 5.74) is 6.50. The summed E-state index contributed by atoms with van der Waals surface area (Å²) in [6.07, 6.45) is 2.79. The Labute approximate surface area is 468 Å². The Morgan fingerprint density at radius 3 is 1.25 bits per heavy atom. The molecule has 0 aliphatic rings. The lowest BCUT2D eigenvalue weighted by Crippen LogP contribution is -2.18. The van der Waals surface area contributed by atoms with E-state index in [-0.39, 0.29) is 35.7 Å². The van der Waals surface area contributed by atoms with E-state index in [2.05, 4.69) is 81.3 Å². The van der Waals surface area contributed by atoms with E-state index in [1.54, 1.807) is 55.4 Å². The number of ether oxygens (including phenoxy) is 2. The summed E-state index contributed by atoms with van der Waals surface area (Å²) in [5.74, 6) is 0.136. The first-order valence-electron chi connectivity index (χ1n) is 25.2. The van der Waals surface area contributed by atoms with Gasteiger partial charge in [-0.1, -0.05) is 60.7 Å². The van der Waals surface area contributed by atoms with E-state index in [0.29, 0.717) is 82.4 Å². The highest BCUT2D eigenvalue weighted by molar-refractivity contribution is 5.86. The average molecular weight is 1150 g/mol. The SMILES string of the molecule is O=c1ccccn1Cc1ccc(Cn2cc3c(NCc4cc(OC(F)(F)F)ccc4-n4cnnn4)ncnc3n2)cc1.O=c1ccccn1Cc1ccc(Cn2cc3c(NCc4cc(OC(F)(F)F)ccc4-n4cnnn4)ncnc3n2)cc1. The highest BCUT2D eigenvalue weighted by Crippen LogP contribution is 2.30. The molecule has 30 heteroatoms. The van der Waals surface area contributed by atoms with E-state index in [4.69, 9.17) is 0 Å². The molecule has 424 valence electrons. The smallest absolute Gasteiger partial charge is 0.406 e. The molecule has 0 radical (unpaired) electrons. The van der Waals surface area contributed by atoms with Gasteiger partial charge < -0.3 is 29.2 Å². The molecule has 0 fully saturated rings. The Morgan fingerprint density at radius 1 is 0.476 bits per heavy atom. The minimum absolute atomic E-state index is 0.0655. The fraction of sp³-hybridized carbons (Fsp3) is 0.148. The lowest BCUT2D eigenvalue weighted by atomic mass is 10.1. The maximum Gasteiger partial charge on any atom is 0.573 e. The molecule has 0 unspecified atom stereocenters. The van der Waals surface area contributed by atoms with Gasteiger partial charge in [-0.15, -0.1) is 36.5 Å². The van der Waals surface area contributed by atoms with Crippen LogP contribution in [-0.2, 0) is 39.3 Å². The van der Waals surface area contributed by atoms with Gasteiger partial charge in [0.25, 0.3) is 11.1 Å². The van der Waals surface area contributed by atoms with Gasteiger partial charge in [0.1, 0.15) is 48.4 Å². The lowest BCUT2D eigenvalue weighted by molar-refractivity contribution is -0.275. The maximum atomic E-state index is 12.8. The average Bonchev–Trinajstić information content (AvgIpc) is 4.49. The molecule has 0 spiro atoms. The van der Waals surface area contributed by atoms with E-state index in [1.807, 2.05) is 60.7 Å². The van der Waals surface area contributed by atoms with Crippen molar-refractivity contribution in [3.05, 3.63) is 226 Å². The molecule has 0 atom stereocenters. The third kappa shape index (κ3) is 13.7. The first-order chi connectivity index (χ1) is 40.6. The zero-order valence-corrected chi connectivity index (χ0v) is 43.4. The van der Waals surface area contributed by atoms with Crippen LogP contribution in [-0.4, -0.2) is 102 Å². The van der Waals surface area contributed by atoms with Gasteiger partial charge in [-0.3, -0.25) is 19.0 Å². The zero-order valence-electron chi connectivity index (χ0n) is 43.4. The van der Waals surface area contributed by atoms with Gasteiger partial charge in [0, 0.05) is 61.1 Å². The van der Waals surface area contributed by atoms with Crippen LogP contribution in [0.1, 0.15) is 33.4 Å². The number of tetrazole rings is 2. The quantitative estimate of drug-likeness (QED) is 0.0809. The number of pyridine rings is 2. The highest BCUT2D eigenvalue weighted by atomic mass is 19.4. The second-order valence-electron chi connectivity index (χ2n) is 18.4. The summed E-state index contributed by atoms with van der Waals surface area (Å²) in [7, 11) is 0. The zero-order chi connectivity index (χ0) is 58.2. The van der Waals surface area contributed by atoms with Gasteiger partial charge in [-0.05, 0) is 91.6 Å². The van der Waals surface area contributed by atoms with Crippen molar-refractivity contribution >= 4 is 33.7 Å². The Morgan fingerprint density at radius 2 is 0.881 bits per heavy atom. The molecule has 0 aliphatic heterocycles. The third-order valence-electron chi connectivity index (χ3n) is 12.6. The number of rotatable bonds is 18. The van der Waals surface area contributed by atoms with Crippen LogP contribution in [0.3, 0.4) is 0 Å². The Hall–Kier alpha value is -11.2. The van der Waals surface area contributed by atoms with Crippen molar-refractivity contribution in [3.8, 4) is 22.9 Å². The molecule has 4 aromatic carbocycles. The van der Waals surface area contributed by atoms with E-state index in [9.17, 15) is 35.9 Å². The molecule has 24 nitrogen and oxygen atoms in total. The van der Waals surface area contributed by atoms with E-state index >= 15 is 0 Å². The second-order valence-corrected chi connectivity index (χ2v) is 18.4. The maximum absolute atomic E-state index is 12.8. The first-order valence-corrected chi connectivity index (χ1v) is 25.2. The number of alkyl halides is 6. The van der Waals surface area contributed by atoms with Crippen molar-refractivity contribution in [1.29, 1.82) is 0 Å². The number of benzene rings is 4. The van der Waals surface area contributed by atoms with Crippen LogP contribution in [0.15, 0.2) is 181 Å². The van der Waals surface area contributed by atoms with Crippen molar-refractivity contribution < 1.29 is 35.8 Å².